The minimum absolute atomic E-state index is 0.0954. The molecule has 0 spiro atoms. The van der Waals surface area contributed by atoms with E-state index in [2.05, 4.69) is 15.4 Å². The maximum absolute atomic E-state index is 12.5. The van der Waals surface area contributed by atoms with Gasteiger partial charge in [0.2, 0.25) is 0 Å². The third-order valence-corrected chi connectivity index (χ3v) is 3.78. The van der Waals surface area contributed by atoms with Crippen molar-refractivity contribution < 1.29 is 19.4 Å². The number of carboxylic acids is 1. The molecular formula is C16H13ClN6O4. The number of pyridine rings is 1. The van der Waals surface area contributed by atoms with E-state index in [1.54, 1.807) is 0 Å². The van der Waals surface area contributed by atoms with Crippen LogP contribution in [-0.2, 0) is 11.2 Å². The highest BCUT2D eigenvalue weighted by molar-refractivity contribution is 6.34. The number of aliphatic carboxylic acids is 1. The van der Waals surface area contributed by atoms with E-state index in [4.69, 9.17) is 32.6 Å². The molecular weight excluding hydrogens is 376 g/mol. The van der Waals surface area contributed by atoms with Crippen LogP contribution in [0.5, 0.6) is 5.75 Å². The highest BCUT2D eigenvalue weighted by Crippen LogP contribution is 2.25. The molecule has 0 saturated heterocycles. The summed E-state index contributed by atoms with van der Waals surface area (Å²) < 4.78 is 6.64. The fourth-order valence-corrected chi connectivity index (χ4v) is 2.63. The Morgan fingerprint density at radius 3 is 2.78 bits per heavy atom. The van der Waals surface area contributed by atoms with Gasteiger partial charge in [-0.3, -0.25) is 10.2 Å². The van der Waals surface area contributed by atoms with Gasteiger partial charge in [0, 0.05) is 5.69 Å². The molecule has 1 aromatic carbocycles. The Kier molecular flexibility index (Phi) is 4.90. The summed E-state index contributed by atoms with van der Waals surface area (Å²) in [4.78, 5) is 27.4. The summed E-state index contributed by atoms with van der Waals surface area (Å²) in [5.41, 5.74) is 6.37. The van der Waals surface area contributed by atoms with Crippen molar-refractivity contribution in [3.8, 4) is 5.75 Å². The van der Waals surface area contributed by atoms with Crippen molar-refractivity contribution in [2.24, 2.45) is 5.73 Å². The van der Waals surface area contributed by atoms with E-state index in [1.807, 2.05) is 0 Å². The number of nitrogens with zero attached hydrogens (tertiary/aromatic N) is 3. The Hall–Kier alpha value is -3.66. The van der Waals surface area contributed by atoms with Gasteiger partial charge in [0.25, 0.3) is 0 Å². The largest absolute Gasteiger partial charge is 0.481 e. The Morgan fingerprint density at radius 1 is 1.33 bits per heavy atom. The van der Waals surface area contributed by atoms with E-state index in [0.29, 0.717) is 11.4 Å². The van der Waals surface area contributed by atoms with Gasteiger partial charge in [-0.2, -0.15) is 5.10 Å². The number of halogens is 1. The lowest BCUT2D eigenvalue weighted by Gasteiger charge is -2.10. The van der Waals surface area contributed by atoms with Crippen LogP contribution in [0.1, 0.15) is 16.1 Å². The van der Waals surface area contributed by atoms with Gasteiger partial charge < -0.3 is 20.9 Å². The van der Waals surface area contributed by atoms with Crippen LogP contribution in [0.2, 0.25) is 5.02 Å². The van der Waals surface area contributed by atoms with Gasteiger partial charge in [0.15, 0.2) is 17.4 Å². The monoisotopic (exact) mass is 388 g/mol. The van der Waals surface area contributed by atoms with Crippen LogP contribution in [0.3, 0.4) is 0 Å². The molecule has 0 unspecified atom stereocenters. The molecule has 2 heterocycles. The molecule has 2 aromatic heterocycles. The zero-order valence-electron chi connectivity index (χ0n) is 13.6. The molecule has 10 nitrogen and oxygen atoms in total. The molecule has 0 bridgehead atoms. The van der Waals surface area contributed by atoms with E-state index in [0.717, 1.165) is 0 Å². The molecule has 27 heavy (non-hydrogen) atoms. The van der Waals surface area contributed by atoms with E-state index in [1.165, 1.54) is 41.2 Å². The number of rotatable bonds is 5. The van der Waals surface area contributed by atoms with Crippen molar-refractivity contribution in [2.75, 3.05) is 5.32 Å². The molecule has 3 aromatic rings. The average molecular weight is 389 g/mol. The highest BCUT2D eigenvalue weighted by Gasteiger charge is 2.18. The van der Waals surface area contributed by atoms with Gasteiger partial charge in [-0.25, -0.2) is 14.3 Å². The quantitative estimate of drug-likeness (QED) is 0.291. The number of benzene rings is 1. The first kappa shape index (κ1) is 18.1. The van der Waals surface area contributed by atoms with E-state index in [9.17, 15) is 9.59 Å². The molecule has 11 heteroatoms. The number of carboxylic acid groups (broad SMARTS) is 1. The molecule has 3 rings (SSSR count). The summed E-state index contributed by atoms with van der Waals surface area (Å²) in [6.07, 6.45) is 0.970. The summed E-state index contributed by atoms with van der Waals surface area (Å²) in [5.74, 6) is -1.92. The number of hydrogen-bond acceptors (Lipinski definition) is 6. The molecule has 0 aliphatic carbocycles. The minimum Gasteiger partial charge on any atom is -0.481 e. The lowest BCUT2D eigenvalue weighted by atomic mass is 10.2. The molecule has 0 radical (unpaired) electrons. The fourth-order valence-electron chi connectivity index (χ4n) is 2.37. The van der Waals surface area contributed by atoms with Crippen LogP contribution in [0, 0.1) is 5.41 Å². The number of aromatic nitrogens is 3. The lowest BCUT2D eigenvalue weighted by molar-refractivity contribution is -0.136. The molecule has 0 atom stereocenters. The summed E-state index contributed by atoms with van der Waals surface area (Å²) in [6.45, 7) is 0. The fraction of sp³-hybridized carbons (Fsp3) is 0.0625. The number of guanidine groups is 1. The predicted molar refractivity (Wildman–Crippen MR) is 96.3 cm³/mol. The highest BCUT2D eigenvalue weighted by atomic mass is 35.5. The second kappa shape index (κ2) is 7.30. The smallest absolute Gasteiger partial charge is 0.345 e. The summed E-state index contributed by atoms with van der Waals surface area (Å²) in [7, 11) is 0. The van der Waals surface area contributed by atoms with Gasteiger partial charge >= 0.3 is 11.9 Å². The number of ether oxygens (including phenoxy) is 1. The molecule has 0 saturated carbocycles. The zero-order valence-corrected chi connectivity index (χ0v) is 14.4. The number of anilines is 1. The first-order valence-corrected chi connectivity index (χ1v) is 7.89. The predicted octanol–water partition coefficient (Wildman–Crippen LogP) is 1.53. The van der Waals surface area contributed by atoms with Crippen LogP contribution in [-0.4, -0.2) is 37.6 Å². The molecule has 0 aliphatic heterocycles. The van der Waals surface area contributed by atoms with Crippen molar-refractivity contribution in [3.63, 3.8) is 0 Å². The molecule has 138 valence electrons. The third kappa shape index (κ3) is 3.96. The number of esters is 1. The van der Waals surface area contributed by atoms with Crippen LogP contribution in [0.4, 0.5) is 5.69 Å². The van der Waals surface area contributed by atoms with Crippen LogP contribution >= 0.6 is 11.6 Å². The second-order valence-corrected chi connectivity index (χ2v) is 5.78. The normalized spacial score (nSPS) is 10.6. The summed E-state index contributed by atoms with van der Waals surface area (Å²) in [6, 6.07) is 7.31. The van der Waals surface area contributed by atoms with Crippen LogP contribution < -0.4 is 15.8 Å². The lowest BCUT2D eigenvalue weighted by Crippen LogP contribution is -2.20. The number of hydrogen-bond donors (Lipinski definition) is 4. The van der Waals surface area contributed by atoms with Crippen molar-refractivity contribution in [1.29, 1.82) is 5.41 Å². The van der Waals surface area contributed by atoms with Gasteiger partial charge in [-0.1, -0.05) is 11.6 Å². The van der Waals surface area contributed by atoms with Gasteiger partial charge in [-0.15, -0.1) is 0 Å². The molecule has 0 fully saturated rings. The minimum atomic E-state index is -1.03. The Balaban J connectivity index is 1.87. The SMILES string of the molecule is N=C(N)Nc1ccc(C(=O)Oc2ccc(CC(=O)O)n3ncnc23)c(Cl)c1. The van der Waals surface area contributed by atoms with Gasteiger partial charge in [0.05, 0.1) is 22.7 Å². The molecule has 0 aliphatic rings. The van der Waals surface area contributed by atoms with Crippen molar-refractivity contribution >= 4 is 40.8 Å². The standard InChI is InChI=1S/C16H13ClN6O4/c17-11-5-8(22-16(18)19)1-3-10(11)15(26)27-12-4-2-9(6-13(24)25)23-14(12)20-7-21-23/h1-5,7H,6H2,(H,24,25)(H4,18,19,22). The topological polar surface area (TPSA) is 156 Å². The Labute approximate surface area is 157 Å². The summed E-state index contributed by atoms with van der Waals surface area (Å²) >= 11 is 6.10. The number of nitrogens with two attached hydrogens (primary N) is 1. The van der Waals surface area contributed by atoms with Gasteiger partial charge in [0.1, 0.15) is 6.33 Å². The Morgan fingerprint density at radius 2 is 2.11 bits per heavy atom. The van der Waals surface area contributed by atoms with Crippen molar-refractivity contribution in [1.82, 2.24) is 14.6 Å². The average Bonchev–Trinajstić information content (AvgIpc) is 3.06. The first-order chi connectivity index (χ1) is 12.8. The molecule has 0 amide bonds. The van der Waals surface area contributed by atoms with Crippen molar-refractivity contribution in [3.05, 3.63) is 52.9 Å². The van der Waals surface area contributed by atoms with Crippen LogP contribution in [0.25, 0.3) is 5.65 Å². The number of carbonyl (C=O) groups is 2. The number of carbonyl (C=O) groups excluding carboxylic acids is 1. The van der Waals surface area contributed by atoms with Crippen molar-refractivity contribution in [2.45, 2.75) is 6.42 Å². The van der Waals surface area contributed by atoms with E-state index >= 15 is 0 Å². The number of fused-ring (bicyclic) bond motifs is 1. The van der Waals surface area contributed by atoms with E-state index in [-0.39, 0.29) is 34.4 Å². The van der Waals surface area contributed by atoms with Gasteiger partial charge in [-0.05, 0) is 30.3 Å². The number of nitrogens with one attached hydrogen (secondary N) is 2. The van der Waals surface area contributed by atoms with Crippen LogP contribution in [0.15, 0.2) is 36.7 Å². The molecule has 5 N–H and O–H groups in total. The second-order valence-electron chi connectivity index (χ2n) is 5.38. The van der Waals surface area contributed by atoms with E-state index < -0.39 is 11.9 Å². The Bertz CT molecular complexity index is 1060. The first-order valence-electron chi connectivity index (χ1n) is 7.51. The third-order valence-electron chi connectivity index (χ3n) is 3.47. The summed E-state index contributed by atoms with van der Waals surface area (Å²) in [5, 5.41) is 22.8. The maximum Gasteiger partial charge on any atom is 0.345 e. The zero-order chi connectivity index (χ0) is 19.6. The maximum atomic E-state index is 12.5.